The minimum Gasteiger partial charge on any atom is -0.494 e. The van der Waals surface area contributed by atoms with Crippen molar-refractivity contribution >= 4 is 43.9 Å². The minimum absolute atomic E-state index is 0.0872. The molecule has 0 radical (unpaired) electrons. The third kappa shape index (κ3) is 4.41. The Bertz CT molecular complexity index is 859. The molecule has 0 unspecified atom stereocenters. The predicted octanol–water partition coefficient (Wildman–Crippen LogP) is 3.89. The lowest BCUT2D eigenvalue weighted by Gasteiger charge is -2.20. The molecule has 3 aromatic rings. The van der Waals surface area contributed by atoms with Crippen molar-refractivity contribution in [3.8, 4) is 5.75 Å². The largest absolute Gasteiger partial charge is 0.494 e. The van der Waals surface area contributed by atoms with E-state index in [0.717, 1.165) is 38.9 Å². The van der Waals surface area contributed by atoms with E-state index in [0.29, 0.717) is 13.0 Å². The van der Waals surface area contributed by atoms with Crippen LogP contribution in [0.1, 0.15) is 11.3 Å². The lowest BCUT2D eigenvalue weighted by atomic mass is 10.3. The Morgan fingerprint density at radius 3 is 2.73 bits per heavy atom. The highest BCUT2D eigenvalue weighted by Gasteiger charge is 2.21. The van der Waals surface area contributed by atoms with Crippen molar-refractivity contribution in [1.29, 1.82) is 0 Å². The van der Waals surface area contributed by atoms with E-state index in [2.05, 4.69) is 4.90 Å². The summed E-state index contributed by atoms with van der Waals surface area (Å²) in [6.45, 7) is 1.58. The summed E-state index contributed by atoms with van der Waals surface area (Å²) in [6, 6.07) is 9.84. The lowest BCUT2D eigenvalue weighted by Crippen LogP contribution is -2.34. The zero-order valence-corrected chi connectivity index (χ0v) is 16.9. The maximum atomic E-state index is 13.0. The number of para-hydroxylation sites is 1. The molecule has 1 amide bonds. The van der Waals surface area contributed by atoms with Crippen LogP contribution in [0.25, 0.3) is 10.2 Å². The smallest absolute Gasteiger partial charge is 0.234 e. The van der Waals surface area contributed by atoms with E-state index in [1.165, 1.54) is 11.3 Å². The molecule has 3 rings (SSSR count). The van der Waals surface area contributed by atoms with Crippen molar-refractivity contribution in [3.05, 3.63) is 40.6 Å². The second kappa shape index (κ2) is 8.62. The predicted molar refractivity (Wildman–Crippen MR) is 110 cm³/mol. The number of ether oxygens (including phenoxy) is 1. The van der Waals surface area contributed by atoms with Gasteiger partial charge in [-0.25, -0.2) is 4.98 Å². The number of methoxy groups -OCH3 is 1. The first-order valence-corrected chi connectivity index (χ1v) is 10.2. The van der Waals surface area contributed by atoms with Gasteiger partial charge in [0.15, 0.2) is 5.13 Å². The highest BCUT2D eigenvalue weighted by molar-refractivity contribution is 7.22. The fourth-order valence-electron chi connectivity index (χ4n) is 2.72. The highest BCUT2D eigenvalue weighted by Crippen LogP contribution is 2.34. The Balaban J connectivity index is 1.87. The van der Waals surface area contributed by atoms with Gasteiger partial charge in [0.2, 0.25) is 5.91 Å². The van der Waals surface area contributed by atoms with Gasteiger partial charge in [-0.15, -0.1) is 11.3 Å². The summed E-state index contributed by atoms with van der Waals surface area (Å²) in [6.07, 6.45) is 1.31. The van der Waals surface area contributed by atoms with E-state index in [4.69, 9.17) is 9.72 Å². The third-order valence-corrected chi connectivity index (χ3v) is 5.94. The molecule has 0 N–H and O–H groups in total. The normalized spacial score (nSPS) is 11.2. The molecule has 7 heteroatoms. The number of thiazole rings is 1. The Morgan fingerprint density at radius 2 is 2.04 bits per heavy atom. The van der Waals surface area contributed by atoms with Crippen LogP contribution in [-0.4, -0.2) is 50.1 Å². The van der Waals surface area contributed by atoms with E-state index < -0.39 is 0 Å². The van der Waals surface area contributed by atoms with Crippen molar-refractivity contribution in [2.45, 2.75) is 12.8 Å². The van der Waals surface area contributed by atoms with Crippen LogP contribution in [0.4, 0.5) is 5.13 Å². The molecule has 0 fully saturated rings. The van der Waals surface area contributed by atoms with Crippen LogP contribution in [0.15, 0.2) is 35.7 Å². The monoisotopic (exact) mass is 389 g/mol. The number of anilines is 1. The van der Waals surface area contributed by atoms with Crippen LogP contribution < -0.4 is 9.64 Å². The quantitative estimate of drug-likeness (QED) is 0.586. The fourth-order valence-corrected chi connectivity index (χ4v) is 4.44. The number of nitrogens with zero attached hydrogens (tertiary/aromatic N) is 3. The van der Waals surface area contributed by atoms with Gasteiger partial charge in [0, 0.05) is 11.4 Å². The molecule has 0 aliphatic carbocycles. The maximum absolute atomic E-state index is 13.0. The van der Waals surface area contributed by atoms with Crippen LogP contribution in [0.5, 0.6) is 5.75 Å². The summed E-state index contributed by atoms with van der Waals surface area (Å²) in [5.74, 6) is 0.827. The van der Waals surface area contributed by atoms with E-state index in [1.807, 2.05) is 54.7 Å². The van der Waals surface area contributed by atoms with Gasteiger partial charge >= 0.3 is 0 Å². The van der Waals surface area contributed by atoms with Crippen LogP contribution in [0.3, 0.4) is 0 Å². The molecule has 2 aromatic heterocycles. The van der Waals surface area contributed by atoms with Crippen molar-refractivity contribution in [2.24, 2.45) is 0 Å². The first-order chi connectivity index (χ1) is 12.6. The van der Waals surface area contributed by atoms with Gasteiger partial charge in [0.25, 0.3) is 0 Å². The molecule has 0 bridgehead atoms. The number of carbonyl (C=O) groups excluding carboxylic acids is 1. The molecule has 0 atom stereocenters. The number of fused-ring (bicyclic) bond motifs is 1. The molecular weight excluding hydrogens is 366 g/mol. The van der Waals surface area contributed by atoms with Crippen molar-refractivity contribution in [3.63, 3.8) is 0 Å². The Hall–Kier alpha value is -1.96. The Morgan fingerprint density at radius 1 is 1.19 bits per heavy atom. The average molecular weight is 390 g/mol. The first-order valence-electron chi connectivity index (χ1n) is 8.49. The molecule has 0 spiro atoms. The number of carbonyl (C=O) groups is 1. The third-order valence-electron chi connectivity index (χ3n) is 4.02. The van der Waals surface area contributed by atoms with E-state index in [9.17, 15) is 4.79 Å². The molecule has 138 valence electrons. The number of hydrogen-bond acceptors (Lipinski definition) is 6. The van der Waals surface area contributed by atoms with Crippen molar-refractivity contribution < 1.29 is 9.53 Å². The number of aromatic nitrogens is 1. The van der Waals surface area contributed by atoms with E-state index in [-0.39, 0.29) is 5.91 Å². The van der Waals surface area contributed by atoms with Gasteiger partial charge in [-0.3, -0.25) is 9.69 Å². The molecule has 5 nitrogen and oxygen atoms in total. The zero-order valence-electron chi connectivity index (χ0n) is 15.3. The summed E-state index contributed by atoms with van der Waals surface area (Å²) in [7, 11) is 5.73. The van der Waals surface area contributed by atoms with E-state index >= 15 is 0 Å². The topological polar surface area (TPSA) is 45.7 Å². The minimum atomic E-state index is 0.0872. The number of amides is 1. The Labute approximate surface area is 161 Å². The molecule has 0 aliphatic rings. The van der Waals surface area contributed by atoms with Crippen molar-refractivity contribution in [1.82, 2.24) is 9.88 Å². The molecule has 0 saturated heterocycles. The molecule has 1 aromatic carbocycles. The molecule has 0 saturated carbocycles. The fraction of sp³-hybridized carbons (Fsp3) is 0.368. The van der Waals surface area contributed by atoms with Gasteiger partial charge in [-0.05, 0) is 50.6 Å². The Kier molecular flexibility index (Phi) is 6.24. The summed E-state index contributed by atoms with van der Waals surface area (Å²) >= 11 is 3.15. The first kappa shape index (κ1) is 18.8. The second-order valence-electron chi connectivity index (χ2n) is 6.26. The molecular formula is C19H23N3O2S2. The number of benzene rings is 1. The van der Waals surface area contributed by atoms with E-state index in [1.54, 1.807) is 18.4 Å². The zero-order chi connectivity index (χ0) is 18.5. The van der Waals surface area contributed by atoms with Crippen LogP contribution in [-0.2, 0) is 11.2 Å². The summed E-state index contributed by atoms with van der Waals surface area (Å²) in [5, 5.41) is 2.74. The van der Waals surface area contributed by atoms with Crippen molar-refractivity contribution in [2.75, 3.05) is 39.2 Å². The summed E-state index contributed by atoms with van der Waals surface area (Å²) in [4.78, 5) is 22.7. The van der Waals surface area contributed by atoms with Crippen LogP contribution >= 0.6 is 22.7 Å². The van der Waals surface area contributed by atoms with Crippen LogP contribution in [0, 0.1) is 0 Å². The molecule has 26 heavy (non-hydrogen) atoms. The summed E-state index contributed by atoms with van der Waals surface area (Å²) < 4.78 is 6.44. The SMILES string of the molecule is COc1cccc2sc(N(CCCN(C)C)C(=O)Cc3cccs3)nc12. The number of rotatable bonds is 8. The molecule has 2 heterocycles. The van der Waals surface area contributed by atoms with Gasteiger partial charge < -0.3 is 9.64 Å². The highest BCUT2D eigenvalue weighted by atomic mass is 32.1. The molecule has 0 aliphatic heterocycles. The number of hydrogen-bond donors (Lipinski definition) is 0. The van der Waals surface area contributed by atoms with Gasteiger partial charge in [-0.2, -0.15) is 0 Å². The van der Waals surface area contributed by atoms with Gasteiger partial charge in [-0.1, -0.05) is 23.5 Å². The number of thiophene rings is 1. The second-order valence-corrected chi connectivity index (χ2v) is 8.30. The lowest BCUT2D eigenvalue weighted by molar-refractivity contribution is -0.118. The van der Waals surface area contributed by atoms with Gasteiger partial charge in [0.1, 0.15) is 11.3 Å². The van der Waals surface area contributed by atoms with Gasteiger partial charge in [0.05, 0.1) is 18.2 Å². The average Bonchev–Trinajstić information content (AvgIpc) is 3.27. The van der Waals surface area contributed by atoms with Crippen LogP contribution in [0.2, 0.25) is 0 Å². The standard InChI is InChI=1S/C19H23N3O2S2/c1-21(2)10-6-11-22(17(23)13-14-7-5-12-25-14)19-20-18-15(24-3)8-4-9-16(18)26-19/h4-5,7-9,12H,6,10-11,13H2,1-3H3. The summed E-state index contributed by atoms with van der Waals surface area (Å²) in [5.41, 5.74) is 0.816. The maximum Gasteiger partial charge on any atom is 0.234 e.